The van der Waals surface area contributed by atoms with E-state index >= 15 is 0 Å². The Morgan fingerprint density at radius 1 is 0.769 bits per heavy atom. The van der Waals surface area contributed by atoms with E-state index in [1.807, 2.05) is 0 Å². The second-order valence-corrected chi connectivity index (χ2v) is 6.44. The van der Waals surface area contributed by atoms with Crippen molar-refractivity contribution in [2.24, 2.45) is 11.8 Å². The lowest BCUT2D eigenvalue weighted by Crippen LogP contribution is -2.21. The first-order valence-electron chi connectivity index (χ1n) is 8.52. The lowest BCUT2D eigenvalue weighted by molar-refractivity contribution is -0.137. The van der Waals surface area contributed by atoms with Gasteiger partial charge in [0.2, 0.25) is 0 Å². The molecule has 8 heteroatoms. The van der Waals surface area contributed by atoms with Crippen LogP contribution in [-0.4, -0.2) is 44.3 Å². The summed E-state index contributed by atoms with van der Waals surface area (Å²) in [5, 5.41) is 38.2. The zero-order valence-corrected chi connectivity index (χ0v) is 14.8. The standard InChI is InChI=1S/C18H24O8/c1-3-5-10-8-12(16(21)22)11(15(19)20)6-9(4-2)7-13(17(23)24)14(10)18(25)26/h9-10H,3-8H2,1-2H3,(H,19,20)(H,21,22)(H,23,24)(H,25,26)/b12-11-,14-13-/t9-,10+/m1/s1. The fourth-order valence-corrected chi connectivity index (χ4v) is 3.42. The van der Waals surface area contributed by atoms with Gasteiger partial charge in [0.15, 0.2) is 0 Å². The molecule has 0 aromatic rings. The number of hydrogen-bond donors (Lipinski definition) is 4. The van der Waals surface area contributed by atoms with Crippen molar-refractivity contribution in [1.82, 2.24) is 0 Å². The third kappa shape index (κ3) is 4.93. The Bertz CT molecular complexity index is 671. The maximum absolute atomic E-state index is 11.8. The van der Waals surface area contributed by atoms with E-state index < -0.39 is 35.7 Å². The minimum Gasteiger partial charge on any atom is -0.478 e. The Morgan fingerprint density at radius 3 is 1.62 bits per heavy atom. The summed E-state index contributed by atoms with van der Waals surface area (Å²) >= 11 is 0. The molecule has 0 aromatic heterocycles. The number of rotatable bonds is 7. The molecule has 4 N–H and O–H groups in total. The predicted octanol–water partition coefficient (Wildman–Crippen LogP) is 2.54. The van der Waals surface area contributed by atoms with Crippen molar-refractivity contribution in [3.8, 4) is 0 Å². The van der Waals surface area contributed by atoms with Crippen molar-refractivity contribution >= 4 is 23.9 Å². The number of aliphatic carboxylic acids is 4. The van der Waals surface area contributed by atoms with Crippen LogP contribution in [0, 0.1) is 11.8 Å². The molecule has 0 unspecified atom stereocenters. The van der Waals surface area contributed by atoms with Gasteiger partial charge < -0.3 is 20.4 Å². The molecule has 0 saturated heterocycles. The summed E-state index contributed by atoms with van der Waals surface area (Å²) in [5.74, 6) is -6.90. The first-order valence-corrected chi connectivity index (χ1v) is 8.52. The molecule has 8 nitrogen and oxygen atoms in total. The van der Waals surface area contributed by atoms with E-state index in [0.717, 1.165) is 0 Å². The lowest BCUT2D eigenvalue weighted by atomic mass is 9.83. The molecule has 0 bridgehead atoms. The van der Waals surface area contributed by atoms with Crippen molar-refractivity contribution in [3.05, 3.63) is 22.3 Å². The summed E-state index contributed by atoms with van der Waals surface area (Å²) in [6.07, 6.45) is 0.596. The minimum absolute atomic E-state index is 0.114. The smallest absolute Gasteiger partial charge is 0.332 e. The third-order valence-electron chi connectivity index (χ3n) is 4.75. The predicted molar refractivity (Wildman–Crippen MR) is 90.6 cm³/mol. The molecular formula is C18H24O8. The highest BCUT2D eigenvalue weighted by atomic mass is 16.4. The SMILES string of the molecule is CCC[C@H]1C/C(C(=O)O)=C(/C(=O)O)C[C@@H](CC)C/C(C(=O)O)=C\1C(=O)O. The van der Waals surface area contributed by atoms with E-state index in [1.54, 1.807) is 13.8 Å². The molecule has 1 rings (SSSR count). The van der Waals surface area contributed by atoms with Crippen LogP contribution < -0.4 is 0 Å². The van der Waals surface area contributed by atoms with Crippen LogP contribution in [-0.2, 0) is 19.2 Å². The maximum Gasteiger partial charge on any atom is 0.332 e. The quantitative estimate of drug-likeness (QED) is 0.535. The van der Waals surface area contributed by atoms with Crippen molar-refractivity contribution in [2.75, 3.05) is 0 Å². The van der Waals surface area contributed by atoms with Gasteiger partial charge in [0.1, 0.15) is 0 Å². The molecule has 1 aliphatic rings. The van der Waals surface area contributed by atoms with E-state index in [-0.39, 0.29) is 48.0 Å². The van der Waals surface area contributed by atoms with E-state index in [0.29, 0.717) is 12.8 Å². The minimum atomic E-state index is -1.41. The van der Waals surface area contributed by atoms with Gasteiger partial charge in [-0.1, -0.05) is 26.7 Å². The van der Waals surface area contributed by atoms with Gasteiger partial charge in [-0.05, 0) is 37.5 Å². The summed E-state index contributed by atoms with van der Waals surface area (Å²) in [5.41, 5.74) is -1.20. The summed E-state index contributed by atoms with van der Waals surface area (Å²) in [4.78, 5) is 46.9. The molecule has 0 fully saturated rings. The van der Waals surface area contributed by atoms with Crippen LogP contribution in [0.5, 0.6) is 0 Å². The van der Waals surface area contributed by atoms with Gasteiger partial charge in [0.25, 0.3) is 0 Å². The van der Waals surface area contributed by atoms with Crippen LogP contribution in [0.25, 0.3) is 0 Å². The largest absolute Gasteiger partial charge is 0.478 e. The molecule has 0 aromatic carbocycles. The van der Waals surface area contributed by atoms with Crippen molar-refractivity contribution in [1.29, 1.82) is 0 Å². The number of carboxylic acid groups (broad SMARTS) is 4. The Labute approximate surface area is 150 Å². The number of carboxylic acids is 4. The molecule has 0 amide bonds. The second kappa shape index (κ2) is 9.17. The Hall–Kier alpha value is -2.64. The molecule has 0 radical (unpaired) electrons. The summed E-state index contributed by atoms with van der Waals surface area (Å²) in [6, 6.07) is 0. The Kier molecular flexibility index (Phi) is 7.55. The molecule has 26 heavy (non-hydrogen) atoms. The highest BCUT2D eigenvalue weighted by Gasteiger charge is 2.35. The highest BCUT2D eigenvalue weighted by molar-refractivity contribution is 6.01. The van der Waals surface area contributed by atoms with Gasteiger partial charge in [-0.3, -0.25) is 0 Å². The molecule has 144 valence electrons. The fraction of sp³-hybridized carbons (Fsp3) is 0.556. The highest BCUT2D eigenvalue weighted by Crippen LogP contribution is 2.36. The monoisotopic (exact) mass is 368 g/mol. The van der Waals surface area contributed by atoms with Gasteiger partial charge in [-0.25, -0.2) is 19.2 Å². The Morgan fingerprint density at radius 2 is 1.23 bits per heavy atom. The lowest BCUT2D eigenvalue weighted by Gasteiger charge is -2.20. The van der Waals surface area contributed by atoms with Crippen LogP contribution in [0.15, 0.2) is 22.3 Å². The van der Waals surface area contributed by atoms with E-state index in [4.69, 9.17) is 0 Å². The Balaban J connectivity index is 3.73. The molecule has 0 saturated carbocycles. The topological polar surface area (TPSA) is 149 Å². The average Bonchev–Trinajstić information content (AvgIpc) is 2.60. The van der Waals surface area contributed by atoms with E-state index in [2.05, 4.69) is 0 Å². The molecule has 2 atom stereocenters. The number of hydrogen-bond acceptors (Lipinski definition) is 4. The number of carbonyl (C=O) groups is 4. The summed E-state index contributed by atoms with van der Waals surface area (Å²) in [6.45, 7) is 3.50. The van der Waals surface area contributed by atoms with Crippen molar-refractivity contribution in [3.63, 3.8) is 0 Å². The summed E-state index contributed by atoms with van der Waals surface area (Å²) < 4.78 is 0. The molecule has 0 aliphatic heterocycles. The first-order chi connectivity index (χ1) is 12.1. The van der Waals surface area contributed by atoms with Gasteiger partial charge in [-0.15, -0.1) is 0 Å². The average molecular weight is 368 g/mol. The van der Waals surface area contributed by atoms with E-state index in [1.165, 1.54) is 0 Å². The van der Waals surface area contributed by atoms with Gasteiger partial charge in [0.05, 0.1) is 5.57 Å². The first kappa shape index (κ1) is 21.4. The summed E-state index contributed by atoms with van der Waals surface area (Å²) in [7, 11) is 0. The van der Waals surface area contributed by atoms with Crippen molar-refractivity contribution in [2.45, 2.75) is 52.4 Å². The van der Waals surface area contributed by atoms with Crippen LogP contribution in [0.1, 0.15) is 52.4 Å². The van der Waals surface area contributed by atoms with Gasteiger partial charge in [0, 0.05) is 16.7 Å². The second-order valence-electron chi connectivity index (χ2n) is 6.44. The van der Waals surface area contributed by atoms with Crippen LogP contribution in [0.4, 0.5) is 0 Å². The van der Waals surface area contributed by atoms with E-state index in [9.17, 15) is 39.6 Å². The van der Waals surface area contributed by atoms with Gasteiger partial charge >= 0.3 is 23.9 Å². The zero-order chi connectivity index (χ0) is 20.0. The maximum atomic E-state index is 11.8. The molecule has 0 heterocycles. The van der Waals surface area contributed by atoms with Crippen LogP contribution >= 0.6 is 0 Å². The molecular weight excluding hydrogens is 344 g/mol. The van der Waals surface area contributed by atoms with Crippen LogP contribution in [0.2, 0.25) is 0 Å². The van der Waals surface area contributed by atoms with Gasteiger partial charge in [-0.2, -0.15) is 0 Å². The molecule has 1 aliphatic carbocycles. The fourth-order valence-electron chi connectivity index (χ4n) is 3.42. The van der Waals surface area contributed by atoms with Crippen molar-refractivity contribution < 1.29 is 39.6 Å². The van der Waals surface area contributed by atoms with Crippen LogP contribution in [0.3, 0.4) is 0 Å². The molecule has 0 spiro atoms. The third-order valence-corrected chi connectivity index (χ3v) is 4.75. The normalized spacial score (nSPS) is 27.2. The zero-order valence-electron chi connectivity index (χ0n) is 14.8.